The molecule has 0 spiro atoms. The van der Waals surface area contributed by atoms with Crippen molar-refractivity contribution in [1.29, 1.82) is 0 Å². The van der Waals surface area contributed by atoms with E-state index in [2.05, 4.69) is 5.32 Å². The van der Waals surface area contributed by atoms with Crippen LogP contribution in [-0.4, -0.2) is 43.7 Å². The van der Waals surface area contributed by atoms with Crippen LogP contribution in [0.3, 0.4) is 0 Å². The number of fused-ring (bicyclic) bond motifs is 1. The average Bonchev–Trinajstić information content (AvgIpc) is 3.33. The molecule has 7 nitrogen and oxygen atoms in total. The molecule has 2 heterocycles. The van der Waals surface area contributed by atoms with E-state index in [1.165, 1.54) is 22.2 Å². The number of anilines is 1. The second-order valence-electron chi connectivity index (χ2n) is 6.79. The minimum absolute atomic E-state index is 0.183. The summed E-state index contributed by atoms with van der Waals surface area (Å²) in [7, 11) is -3.61. The van der Waals surface area contributed by atoms with E-state index >= 15 is 0 Å². The van der Waals surface area contributed by atoms with E-state index in [0.29, 0.717) is 30.9 Å². The molecule has 1 aliphatic heterocycles. The van der Waals surface area contributed by atoms with E-state index in [4.69, 9.17) is 0 Å². The Labute approximate surface area is 175 Å². The molecule has 1 N–H and O–H groups in total. The summed E-state index contributed by atoms with van der Waals surface area (Å²) in [5.74, 6) is -0.502. The molecule has 0 radical (unpaired) electrons. The number of benzene rings is 1. The summed E-state index contributed by atoms with van der Waals surface area (Å²) in [6.07, 6.45) is 0.285. The molecule has 0 saturated carbocycles. The predicted octanol–water partition coefficient (Wildman–Crippen LogP) is 2.37. The first-order valence-corrected chi connectivity index (χ1v) is 11.8. The van der Waals surface area contributed by atoms with Crippen LogP contribution in [-0.2, 0) is 32.6 Å². The molecule has 0 bridgehead atoms. The van der Waals surface area contributed by atoms with Crippen LogP contribution in [0.25, 0.3) is 0 Å². The molecule has 29 heavy (non-hydrogen) atoms. The lowest BCUT2D eigenvalue weighted by molar-refractivity contribution is -0.125. The number of carbonyl (C=O) groups excluding carboxylic acids is 2. The first-order valence-electron chi connectivity index (χ1n) is 9.52. The van der Waals surface area contributed by atoms with Crippen LogP contribution in [0.4, 0.5) is 5.69 Å². The van der Waals surface area contributed by atoms with Crippen LogP contribution in [0.15, 0.2) is 40.6 Å². The molecule has 3 rings (SSSR count). The molecule has 1 aromatic heterocycles. The van der Waals surface area contributed by atoms with Crippen LogP contribution in [0.5, 0.6) is 0 Å². The van der Waals surface area contributed by atoms with Crippen molar-refractivity contribution in [3.63, 3.8) is 0 Å². The van der Waals surface area contributed by atoms with Crippen LogP contribution >= 0.6 is 11.3 Å². The van der Waals surface area contributed by atoms with Crippen molar-refractivity contribution in [2.45, 2.75) is 44.7 Å². The fourth-order valence-electron chi connectivity index (χ4n) is 3.61. The van der Waals surface area contributed by atoms with Gasteiger partial charge in [-0.25, -0.2) is 8.42 Å². The molecule has 1 aromatic carbocycles. The summed E-state index contributed by atoms with van der Waals surface area (Å²) in [4.78, 5) is 27.7. The van der Waals surface area contributed by atoms with E-state index < -0.39 is 16.1 Å². The zero-order chi connectivity index (χ0) is 21.2. The Morgan fingerprint density at radius 3 is 2.55 bits per heavy atom. The summed E-state index contributed by atoms with van der Waals surface area (Å²) < 4.78 is 27.0. The summed E-state index contributed by atoms with van der Waals surface area (Å²) in [6, 6.07) is 7.88. The number of amides is 2. The standard InChI is InChI=1S/C20H25N3O4S2/c1-4-22(5-2)29(26,27)17-8-9-18-15(11-17)12-19(23(18)14(3)24)20(25)21-13-16-7-6-10-28-16/h6-11,19H,4-5,12-13H2,1-3H3,(H,21,25)/t19-/m1/s1. The lowest BCUT2D eigenvalue weighted by atomic mass is 10.1. The van der Waals surface area contributed by atoms with E-state index in [1.54, 1.807) is 37.3 Å². The minimum atomic E-state index is -3.61. The van der Waals surface area contributed by atoms with Gasteiger partial charge in [-0.2, -0.15) is 4.31 Å². The Morgan fingerprint density at radius 2 is 1.97 bits per heavy atom. The quantitative estimate of drug-likeness (QED) is 0.723. The highest BCUT2D eigenvalue weighted by Gasteiger charge is 2.37. The Kier molecular flexibility index (Phi) is 6.40. The van der Waals surface area contributed by atoms with Crippen LogP contribution in [0.2, 0.25) is 0 Å². The van der Waals surface area contributed by atoms with Crippen molar-refractivity contribution in [2.75, 3.05) is 18.0 Å². The molecule has 9 heteroatoms. The maximum Gasteiger partial charge on any atom is 0.243 e. The highest BCUT2D eigenvalue weighted by atomic mass is 32.2. The molecule has 0 aliphatic carbocycles. The van der Waals surface area contributed by atoms with E-state index in [1.807, 2.05) is 17.5 Å². The van der Waals surface area contributed by atoms with E-state index in [0.717, 1.165) is 4.88 Å². The highest BCUT2D eigenvalue weighted by Crippen LogP contribution is 2.35. The fourth-order valence-corrected chi connectivity index (χ4v) is 5.76. The third-order valence-electron chi connectivity index (χ3n) is 5.04. The summed E-state index contributed by atoms with van der Waals surface area (Å²) in [5.41, 5.74) is 1.27. The second-order valence-corrected chi connectivity index (χ2v) is 9.76. The van der Waals surface area contributed by atoms with Crippen molar-refractivity contribution in [2.24, 2.45) is 0 Å². The van der Waals surface area contributed by atoms with Crippen molar-refractivity contribution in [3.05, 3.63) is 46.2 Å². The van der Waals surface area contributed by atoms with Crippen LogP contribution < -0.4 is 10.2 Å². The number of hydrogen-bond donors (Lipinski definition) is 1. The number of sulfonamides is 1. The largest absolute Gasteiger partial charge is 0.349 e. The van der Waals surface area contributed by atoms with Gasteiger partial charge in [0.1, 0.15) is 6.04 Å². The summed E-state index contributed by atoms with van der Waals surface area (Å²) in [6.45, 7) is 6.15. The van der Waals surface area contributed by atoms with Crippen molar-refractivity contribution in [3.8, 4) is 0 Å². The minimum Gasteiger partial charge on any atom is -0.349 e. The molecular formula is C20H25N3O4S2. The molecule has 2 amide bonds. The highest BCUT2D eigenvalue weighted by molar-refractivity contribution is 7.89. The normalized spacial score (nSPS) is 16.1. The Hall–Kier alpha value is -2.23. The van der Waals surface area contributed by atoms with Gasteiger partial charge in [0.25, 0.3) is 0 Å². The first-order chi connectivity index (χ1) is 13.8. The smallest absolute Gasteiger partial charge is 0.243 e. The topological polar surface area (TPSA) is 86.8 Å². The summed E-state index contributed by atoms with van der Waals surface area (Å²) in [5, 5.41) is 4.82. The third-order valence-corrected chi connectivity index (χ3v) is 7.96. The van der Waals surface area contributed by atoms with E-state index in [-0.39, 0.29) is 23.1 Å². The maximum atomic E-state index is 12.8. The predicted molar refractivity (Wildman–Crippen MR) is 113 cm³/mol. The molecule has 156 valence electrons. The van der Waals surface area contributed by atoms with Crippen molar-refractivity contribution < 1.29 is 18.0 Å². The van der Waals surface area contributed by atoms with Gasteiger partial charge in [-0.1, -0.05) is 19.9 Å². The van der Waals surface area contributed by atoms with Crippen molar-refractivity contribution in [1.82, 2.24) is 9.62 Å². The number of rotatable bonds is 7. The number of thiophene rings is 1. The van der Waals surface area contributed by atoms with Gasteiger partial charge in [0.2, 0.25) is 21.8 Å². The van der Waals surface area contributed by atoms with Crippen molar-refractivity contribution >= 4 is 38.9 Å². The summed E-state index contributed by atoms with van der Waals surface area (Å²) >= 11 is 1.55. The lowest BCUT2D eigenvalue weighted by Crippen LogP contribution is -2.47. The van der Waals surface area contributed by atoms with Gasteiger partial charge in [-0.05, 0) is 35.2 Å². The van der Waals surface area contributed by atoms with Gasteiger partial charge in [0, 0.05) is 37.0 Å². The van der Waals surface area contributed by atoms with Gasteiger partial charge in [-0.15, -0.1) is 11.3 Å². The monoisotopic (exact) mass is 435 g/mol. The number of nitrogens with zero attached hydrogens (tertiary/aromatic N) is 2. The molecule has 0 saturated heterocycles. The fraction of sp³-hybridized carbons (Fsp3) is 0.400. The zero-order valence-corrected chi connectivity index (χ0v) is 18.3. The second kappa shape index (κ2) is 8.64. The lowest BCUT2D eigenvalue weighted by Gasteiger charge is -2.23. The number of carbonyl (C=O) groups is 2. The molecule has 1 atom stereocenters. The molecule has 1 aliphatic rings. The average molecular weight is 436 g/mol. The SMILES string of the molecule is CCN(CC)S(=O)(=O)c1ccc2c(c1)C[C@H](C(=O)NCc1cccs1)N2C(C)=O. The van der Waals surface area contributed by atoms with Gasteiger partial charge < -0.3 is 5.32 Å². The van der Waals surface area contributed by atoms with Crippen LogP contribution in [0.1, 0.15) is 31.2 Å². The van der Waals surface area contributed by atoms with Crippen LogP contribution in [0, 0.1) is 0 Å². The third kappa shape index (κ3) is 4.22. The first kappa shape index (κ1) is 21.5. The maximum absolute atomic E-state index is 12.8. The zero-order valence-electron chi connectivity index (χ0n) is 16.7. The number of nitrogens with one attached hydrogen (secondary N) is 1. The van der Waals surface area contributed by atoms with Gasteiger partial charge in [0.15, 0.2) is 0 Å². The van der Waals surface area contributed by atoms with Gasteiger partial charge >= 0.3 is 0 Å². The van der Waals surface area contributed by atoms with Gasteiger partial charge in [-0.3, -0.25) is 14.5 Å². The molecule has 0 unspecified atom stereocenters. The Bertz CT molecular complexity index is 999. The Morgan fingerprint density at radius 1 is 1.24 bits per heavy atom. The number of hydrogen-bond acceptors (Lipinski definition) is 5. The molecule has 0 fully saturated rings. The molecule has 2 aromatic rings. The Balaban J connectivity index is 1.86. The van der Waals surface area contributed by atoms with Gasteiger partial charge in [0.05, 0.1) is 11.4 Å². The molecular weight excluding hydrogens is 410 g/mol. The van der Waals surface area contributed by atoms with E-state index in [9.17, 15) is 18.0 Å².